The minimum Gasteiger partial charge on any atom is -0.507 e. The Morgan fingerprint density at radius 2 is 1.85 bits per heavy atom. The number of methoxy groups -OCH3 is 1. The second-order valence-corrected chi connectivity index (χ2v) is 7.74. The molecule has 1 atom stereocenters. The molecule has 2 aromatic carbocycles. The summed E-state index contributed by atoms with van der Waals surface area (Å²) in [4.78, 5) is 31.8. The molecule has 2 aliphatic rings. The van der Waals surface area contributed by atoms with E-state index in [1.165, 1.54) is 18.1 Å². The number of ketones is 1. The number of hydrogen-bond acceptors (Lipinski definition) is 7. The van der Waals surface area contributed by atoms with E-state index >= 15 is 0 Å². The SMILES string of the molecule is COc1cc(/C(O)=C2\C(=O)C(=O)N(c3ccc4c(c3)OCO4)C2c2ccncc2)ccc1Cl. The number of fused-ring (bicyclic) bond motifs is 1. The van der Waals surface area contributed by atoms with Gasteiger partial charge in [0.15, 0.2) is 11.5 Å². The van der Waals surface area contributed by atoms with Gasteiger partial charge in [0.25, 0.3) is 11.7 Å². The third-order valence-electron chi connectivity index (χ3n) is 5.53. The molecule has 3 heterocycles. The maximum Gasteiger partial charge on any atom is 0.300 e. The molecule has 9 heteroatoms. The zero-order valence-corrected chi connectivity index (χ0v) is 18.1. The molecule has 1 aromatic heterocycles. The van der Waals surface area contributed by atoms with E-state index in [2.05, 4.69) is 4.98 Å². The predicted molar refractivity (Wildman–Crippen MR) is 120 cm³/mol. The average molecular weight is 465 g/mol. The molecule has 5 rings (SSSR count). The summed E-state index contributed by atoms with van der Waals surface area (Å²) in [6, 6.07) is 12.1. The third-order valence-corrected chi connectivity index (χ3v) is 5.84. The monoisotopic (exact) mass is 464 g/mol. The van der Waals surface area contributed by atoms with Crippen LogP contribution in [0.25, 0.3) is 5.76 Å². The first-order valence-electron chi connectivity index (χ1n) is 9.94. The van der Waals surface area contributed by atoms with Crippen molar-refractivity contribution in [3.8, 4) is 17.2 Å². The van der Waals surface area contributed by atoms with E-state index in [1.807, 2.05) is 0 Å². The lowest BCUT2D eigenvalue weighted by atomic mass is 9.95. The van der Waals surface area contributed by atoms with E-state index < -0.39 is 17.7 Å². The fourth-order valence-electron chi connectivity index (χ4n) is 3.96. The second-order valence-electron chi connectivity index (χ2n) is 7.34. The first-order valence-corrected chi connectivity index (χ1v) is 10.3. The summed E-state index contributed by atoms with van der Waals surface area (Å²) in [5.74, 6) is -0.604. The van der Waals surface area contributed by atoms with Crippen LogP contribution < -0.4 is 19.1 Å². The van der Waals surface area contributed by atoms with Gasteiger partial charge in [-0.2, -0.15) is 0 Å². The van der Waals surface area contributed by atoms with Crippen LogP contribution in [0.4, 0.5) is 5.69 Å². The van der Waals surface area contributed by atoms with Crippen LogP contribution in [0.2, 0.25) is 5.02 Å². The molecule has 0 spiro atoms. The number of amides is 1. The standard InChI is InChI=1S/C24H17ClN2O6/c1-31-18-10-14(2-4-16(18)25)22(28)20-21(13-6-8-26-9-7-13)27(24(30)23(20)29)15-3-5-17-19(11-15)33-12-32-17/h2-11,21,28H,12H2,1H3/b22-20+. The number of halogens is 1. The quantitative estimate of drug-likeness (QED) is 0.352. The molecule has 8 nitrogen and oxygen atoms in total. The molecule has 0 bridgehead atoms. The van der Waals surface area contributed by atoms with Crippen LogP contribution in [-0.4, -0.2) is 35.7 Å². The van der Waals surface area contributed by atoms with Crippen LogP contribution in [0, 0.1) is 0 Å². The molecule has 0 saturated carbocycles. The number of ether oxygens (including phenoxy) is 3. The minimum absolute atomic E-state index is 0.0618. The second kappa shape index (κ2) is 8.14. The van der Waals surface area contributed by atoms with Gasteiger partial charge in [0.05, 0.1) is 23.7 Å². The smallest absolute Gasteiger partial charge is 0.300 e. The number of pyridine rings is 1. The summed E-state index contributed by atoms with van der Waals surface area (Å²) in [6.45, 7) is 0.0732. The number of rotatable bonds is 4. The van der Waals surface area contributed by atoms with Gasteiger partial charge in [-0.3, -0.25) is 19.5 Å². The largest absolute Gasteiger partial charge is 0.507 e. The highest BCUT2D eigenvalue weighted by molar-refractivity contribution is 6.51. The Kier molecular flexibility index (Phi) is 5.14. The molecule has 1 N–H and O–H groups in total. The van der Waals surface area contributed by atoms with E-state index in [9.17, 15) is 14.7 Å². The lowest BCUT2D eigenvalue weighted by molar-refractivity contribution is -0.132. The number of benzene rings is 2. The fourth-order valence-corrected chi connectivity index (χ4v) is 4.15. The molecule has 166 valence electrons. The van der Waals surface area contributed by atoms with Gasteiger partial charge in [-0.15, -0.1) is 0 Å². The topological polar surface area (TPSA) is 98.2 Å². The molecule has 0 aliphatic carbocycles. The van der Waals surface area contributed by atoms with Gasteiger partial charge in [0.1, 0.15) is 11.5 Å². The number of anilines is 1. The summed E-state index contributed by atoms with van der Waals surface area (Å²) in [5, 5.41) is 11.5. The van der Waals surface area contributed by atoms with E-state index in [-0.39, 0.29) is 18.1 Å². The van der Waals surface area contributed by atoms with Crippen LogP contribution in [0.1, 0.15) is 17.2 Å². The first-order chi connectivity index (χ1) is 16.0. The van der Waals surface area contributed by atoms with Crippen LogP contribution in [-0.2, 0) is 9.59 Å². The zero-order chi connectivity index (χ0) is 23.1. The Balaban J connectivity index is 1.70. The molecule has 1 unspecified atom stereocenters. The van der Waals surface area contributed by atoms with Crippen LogP contribution >= 0.6 is 11.6 Å². The average Bonchev–Trinajstić information content (AvgIpc) is 3.41. The van der Waals surface area contributed by atoms with Crippen molar-refractivity contribution in [2.75, 3.05) is 18.8 Å². The van der Waals surface area contributed by atoms with E-state index in [0.717, 1.165) is 0 Å². The number of aromatic nitrogens is 1. The Hall–Kier alpha value is -4.04. The maximum atomic E-state index is 13.2. The Morgan fingerprint density at radius 3 is 2.61 bits per heavy atom. The number of carbonyl (C=O) groups excluding carboxylic acids is 2. The molecule has 1 fully saturated rings. The lowest BCUT2D eigenvalue weighted by Crippen LogP contribution is -2.29. The van der Waals surface area contributed by atoms with Crippen molar-refractivity contribution in [3.05, 3.63) is 82.6 Å². The van der Waals surface area contributed by atoms with Crippen molar-refractivity contribution in [1.82, 2.24) is 4.98 Å². The summed E-state index contributed by atoms with van der Waals surface area (Å²) in [6.07, 6.45) is 3.11. The number of Topliss-reactive ketones (excluding diaryl/α,β-unsaturated/α-hetero) is 1. The Morgan fingerprint density at radius 1 is 1.09 bits per heavy atom. The summed E-state index contributed by atoms with van der Waals surface area (Å²) >= 11 is 6.11. The fraction of sp³-hybridized carbons (Fsp3) is 0.125. The molecule has 0 radical (unpaired) electrons. The van der Waals surface area contributed by atoms with Crippen molar-refractivity contribution in [1.29, 1.82) is 0 Å². The highest BCUT2D eigenvalue weighted by atomic mass is 35.5. The van der Waals surface area contributed by atoms with Gasteiger partial charge >= 0.3 is 0 Å². The van der Waals surface area contributed by atoms with E-state index in [4.69, 9.17) is 25.8 Å². The molecule has 3 aromatic rings. The van der Waals surface area contributed by atoms with Crippen LogP contribution in [0.15, 0.2) is 66.5 Å². The van der Waals surface area contributed by atoms with Crippen LogP contribution in [0.5, 0.6) is 17.2 Å². The highest BCUT2D eigenvalue weighted by Crippen LogP contribution is 2.45. The number of hydrogen-bond donors (Lipinski definition) is 1. The van der Waals surface area contributed by atoms with Crippen molar-refractivity contribution in [2.24, 2.45) is 0 Å². The number of aliphatic hydroxyl groups excluding tert-OH is 1. The van der Waals surface area contributed by atoms with Gasteiger partial charge < -0.3 is 19.3 Å². The molecule has 2 aliphatic heterocycles. The van der Waals surface area contributed by atoms with Gasteiger partial charge in [-0.05, 0) is 48.0 Å². The number of aliphatic hydroxyl groups is 1. The lowest BCUT2D eigenvalue weighted by Gasteiger charge is -2.25. The van der Waals surface area contributed by atoms with E-state index in [0.29, 0.717) is 39.1 Å². The molecule has 1 saturated heterocycles. The predicted octanol–water partition coefficient (Wildman–Crippen LogP) is 4.10. The minimum atomic E-state index is -0.893. The summed E-state index contributed by atoms with van der Waals surface area (Å²) < 4.78 is 16.0. The van der Waals surface area contributed by atoms with Gasteiger partial charge in [-0.25, -0.2) is 0 Å². The summed E-state index contributed by atoms with van der Waals surface area (Å²) in [7, 11) is 1.45. The van der Waals surface area contributed by atoms with E-state index in [1.54, 1.807) is 54.9 Å². The zero-order valence-electron chi connectivity index (χ0n) is 17.3. The molecule has 1 amide bonds. The van der Waals surface area contributed by atoms with Gasteiger partial charge in [-0.1, -0.05) is 11.6 Å². The number of nitrogens with zero attached hydrogens (tertiary/aromatic N) is 2. The third kappa shape index (κ3) is 3.44. The van der Waals surface area contributed by atoms with Crippen LogP contribution in [0.3, 0.4) is 0 Å². The van der Waals surface area contributed by atoms with Crippen molar-refractivity contribution in [3.63, 3.8) is 0 Å². The normalized spacial score (nSPS) is 18.6. The molecular weight excluding hydrogens is 448 g/mol. The van der Waals surface area contributed by atoms with Gasteiger partial charge in [0.2, 0.25) is 6.79 Å². The van der Waals surface area contributed by atoms with Crippen molar-refractivity contribution < 1.29 is 28.9 Å². The van der Waals surface area contributed by atoms with Crippen molar-refractivity contribution >= 4 is 34.7 Å². The molecular formula is C24H17ClN2O6. The Bertz CT molecular complexity index is 1310. The maximum absolute atomic E-state index is 13.2. The Labute approximate surface area is 193 Å². The summed E-state index contributed by atoms with van der Waals surface area (Å²) in [5.41, 5.74) is 1.26. The van der Waals surface area contributed by atoms with Crippen molar-refractivity contribution in [2.45, 2.75) is 6.04 Å². The molecule has 33 heavy (non-hydrogen) atoms. The highest BCUT2D eigenvalue weighted by Gasteiger charge is 2.47. The first kappa shape index (κ1) is 20.8. The number of carbonyl (C=O) groups is 2. The van der Waals surface area contributed by atoms with Gasteiger partial charge in [0, 0.05) is 29.7 Å².